The molecule has 0 amide bonds. The monoisotopic (exact) mass is 210 g/mol. The predicted molar refractivity (Wildman–Crippen MR) is 60.8 cm³/mol. The van der Waals surface area contributed by atoms with Crippen LogP contribution in [0.15, 0.2) is 0 Å². The van der Waals surface area contributed by atoms with Gasteiger partial charge in [0.2, 0.25) is 0 Å². The Morgan fingerprint density at radius 2 is 1.86 bits per heavy atom. The highest BCUT2D eigenvalue weighted by Crippen LogP contribution is 2.48. The van der Waals surface area contributed by atoms with E-state index in [2.05, 4.69) is 6.55 Å². The number of hydrogen-bond acceptors (Lipinski definition) is 1. The Morgan fingerprint density at radius 1 is 1.07 bits per heavy atom. The van der Waals surface area contributed by atoms with E-state index in [9.17, 15) is 0 Å². The van der Waals surface area contributed by atoms with Crippen LogP contribution in [0.2, 0.25) is 18.6 Å². The third kappa shape index (κ3) is 1.56. The molecule has 1 saturated heterocycles. The summed E-state index contributed by atoms with van der Waals surface area (Å²) in [5.41, 5.74) is 0. The van der Waals surface area contributed by atoms with E-state index in [0.717, 1.165) is 11.8 Å². The molecular weight excluding hydrogens is 188 g/mol. The van der Waals surface area contributed by atoms with Gasteiger partial charge in [0.15, 0.2) is 8.32 Å². The highest BCUT2D eigenvalue weighted by Gasteiger charge is 2.44. The van der Waals surface area contributed by atoms with Crippen molar-refractivity contribution in [3.63, 3.8) is 0 Å². The second kappa shape index (κ2) is 3.34. The van der Waals surface area contributed by atoms with Crippen molar-refractivity contribution >= 4 is 8.32 Å². The van der Waals surface area contributed by atoms with Crippen LogP contribution in [0.4, 0.5) is 0 Å². The van der Waals surface area contributed by atoms with E-state index in [1.807, 2.05) is 0 Å². The second-order valence-corrected chi connectivity index (χ2v) is 10.1. The van der Waals surface area contributed by atoms with E-state index >= 15 is 0 Å². The van der Waals surface area contributed by atoms with Crippen LogP contribution in [0.5, 0.6) is 0 Å². The summed E-state index contributed by atoms with van der Waals surface area (Å²) in [6.07, 6.45) is 9.47. The zero-order valence-electron chi connectivity index (χ0n) is 9.30. The van der Waals surface area contributed by atoms with Gasteiger partial charge in [-0.15, -0.1) is 0 Å². The molecule has 3 rings (SSSR count). The largest absolute Gasteiger partial charge is 0.414 e. The van der Waals surface area contributed by atoms with Gasteiger partial charge in [0.25, 0.3) is 0 Å². The Hall–Kier alpha value is 0.177. The van der Waals surface area contributed by atoms with Crippen molar-refractivity contribution in [2.45, 2.75) is 63.3 Å². The van der Waals surface area contributed by atoms with Gasteiger partial charge < -0.3 is 4.43 Å². The van der Waals surface area contributed by atoms with E-state index in [1.165, 1.54) is 50.6 Å². The molecule has 3 fully saturated rings. The smallest absolute Gasteiger partial charge is 0.190 e. The van der Waals surface area contributed by atoms with Crippen molar-refractivity contribution in [2.75, 3.05) is 0 Å². The maximum Gasteiger partial charge on any atom is 0.190 e. The summed E-state index contributed by atoms with van der Waals surface area (Å²) in [6, 6.07) is 2.89. The summed E-state index contributed by atoms with van der Waals surface area (Å²) in [6.45, 7) is 2.48. The van der Waals surface area contributed by atoms with Crippen LogP contribution < -0.4 is 0 Å². The summed E-state index contributed by atoms with van der Waals surface area (Å²) < 4.78 is 6.53. The van der Waals surface area contributed by atoms with E-state index in [0.29, 0.717) is 6.10 Å². The van der Waals surface area contributed by atoms with E-state index in [4.69, 9.17) is 4.43 Å². The van der Waals surface area contributed by atoms with Gasteiger partial charge in [-0.2, -0.15) is 0 Å². The van der Waals surface area contributed by atoms with Gasteiger partial charge in [-0.25, -0.2) is 0 Å². The summed E-state index contributed by atoms with van der Waals surface area (Å²) in [4.78, 5) is 0. The summed E-state index contributed by atoms with van der Waals surface area (Å²) >= 11 is 0. The number of rotatable bonds is 2. The molecule has 1 heterocycles. The molecule has 3 atom stereocenters. The number of fused-ring (bicyclic) bond motifs is 2. The molecule has 2 heteroatoms. The fourth-order valence-electron chi connectivity index (χ4n) is 3.94. The van der Waals surface area contributed by atoms with Crippen molar-refractivity contribution in [1.29, 1.82) is 0 Å². The lowest BCUT2D eigenvalue weighted by molar-refractivity contribution is 0.129. The molecule has 2 saturated carbocycles. The molecule has 0 spiro atoms. The summed E-state index contributed by atoms with van der Waals surface area (Å²) in [5, 5.41) is 0. The Morgan fingerprint density at radius 3 is 2.43 bits per heavy atom. The molecule has 1 nitrogen and oxygen atoms in total. The van der Waals surface area contributed by atoms with Gasteiger partial charge in [-0.05, 0) is 56.2 Å². The lowest BCUT2D eigenvalue weighted by Crippen LogP contribution is -2.37. The van der Waals surface area contributed by atoms with Crippen LogP contribution in [0.3, 0.4) is 0 Å². The van der Waals surface area contributed by atoms with Gasteiger partial charge in [0.1, 0.15) is 0 Å². The van der Waals surface area contributed by atoms with Gasteiger partial charge in [-0.1, -0.05) is 12.8 Å². The molecule has 3 unspecified atom stereocenters. The highest BCUT2D eigenvalue weighted by atomic mass is 28.4. The molecular formula is C12H22OSi. The van der Waals surface area contributed by atoms with Crippen molar-refractivity contribution in [1.82, 2.24) is 0 Å². The van der Waals surface area contributed by atoms with Crippen LogP contribution in [-0.2, 0) is 4.43 Å². The third-order valence-corrected chi connectivity index (χ3v) is 8.46. The standard InChI is InChI=1S/C12H22OSi/c1-14(6-2-3-7-14)13-12-9-10-4-5-11(12)8-10/h10-12H,2-9H2,1H3. The molecule has 3 aliphatic rings. The molecule has 0 aromatic rings. The van der Waals surface area contributed by atoms with Crippen molar-refractivity contribution in [3.05, 3.63) is 0 Å². The highest BCUT2D eigenvalue weighted by molar-refractivity contribution is 6.73. The minimum atomic E-state index is -1.19. The maximum atomic E-state index is 6.53. The first-order valence-corrected chi connectivity index (χ1v) is 9.25. The average molecular weight is 210 g/mol. The fourth-order valence-corrected chi connectivity index (χ4v) is 7.44. The van der Waals surface area contributed by atoms with Gasteiger partial charge in [-0.3, -0.25) is 0 Å². The molecule has 14 heavy (non-hydrogen) atoms. The first-order chi connectivity index (χ1) is 6.75. The van der Waals surface area contributed by atoms with E-state index in [1.54, 1.807) is 0 Å². The summed E-state index contributed by atoms with van der Waals surface area (Å²) in [5.74, 6) is 2.01. The lowest BCUT2D eigenvalue weighted by atomic mass is 9.98. The fraction of sp³-hybridized carbons (Fsp3) is 1.00. The molecule has 2 aliphatic carbocycles. The zero-order chi connectivity index (χ0) is 9.60. The Balaban J connectivity index is 1.62. The van der Waals surface area contributed by atoms with Gasteiger partial charge in [0, 0.05) is 6.10 Å². The second-order valence-electron chi connectivity index (χ2n) is 5.99. The third-order valence-electron chi connectivity index (χ3n) is 4.77. The predicted octanol–water partition coefficient (Wildman–Crippen LogP) is 3.56. The number of hydrogen-bond donors (Lipinski definition) is 0. The molecule has 2 bridgehead atoms. The minimum absolute atomic E-state index is 0.698. The van der Waals surface area contributed by atoms with Gasteiger partial charge >= 0.3 is 0 Å². The molecule has 0 N–H and O–H groups in total. The van der Waals surface area contributed by atoms with Crippen LogP contribution >= 0.6 is 0 Å². The first-order valence-electron chi connectivity index (χ1n) is 6.43. The quantitative estimate of drug-likeness (QED) is 0.633. The average Bonchev–Trinajstić information content (AvgIpc) is 2.80. The van der Waals surface area contributed by atoms with Crippen LogP contribution in [0, 0.1) is 11.8 Å². The van der Waals surface area contributed by atoms with Crippen molar-refractivity contribution in [2.24, 2.45) is 11.8 Å². The first kappa shape index (κ1) is 9.41. The molecule has 80 valence electrons. The topological polar surface area (TPSA) is 9.23 Å². The van der Waals surface area contributed by atoms with Crippen LogP contribution in [0.25, 0.3) is 0 Å². The Kier molecular flexibility index (Phi) is 2.25. The van der Waals surface area contributed by atoms with Crippen molar-refractivity contribution < 1.29 is 4.43 Å². The lowest BCUT2D eigenvalue weighted by Gasteiger charge is -2.31. The maximum absolute atomic E-state index is 6.53. The van der Waals surface area contributed by atoms with Gasteiger partial charge in [0.05, 0.1) is 0 Å². The van der Waals surface area contributed by atoms with E-state index < -0.39 is 8.32 Å². The molecule has 0 aromatic heterocycles. The minimum Gasteiger partial charge on any atom is -0.414 e. The zero-order valence-corrected chi connectivity index (χ0v) is 10.3. The molecule has 1 aliphatic heterocycles. The molecule has 0 radical (unpaired) electrons. The van der Waals surface area contributed by atoms with Crippen molar-refractivity contribution in [3.8, 4) is 0 Å². The summed E-state index contributed by atoms with van der Waals surface area (Å²) in [7, 11) is -1.19. The Labute approximate surface area is 88.4 Å². The van der Waals surface area contributed by atoms with E-state index in [-0.39, 0.29) is 0 Å². The van der Waals surface area contributed by atoms with Crippen LogP contribution in [-0.4, -0.2) is 14.4 Å². The Bertz CT molecular complexity index is 222. The SMILES string of the molecule is C[Si]1(OC2CC3CCC2C3)CCCC1. The normalized spacial score (nSPS) is 44.8. The molecule has 0 aromatic carbocycles. The van der Waals surface area contributed by atoms with Crippen LogP contribution in [0.1, 0.15) is 38.5 Å².